The van der Waals surface area contributed by atoms with E-state index in [2.05, 4.69) is 24.0 Å². The van der Waals surface area contributed by atoms with E-state index in [-0.39, 0.29) is 5.56 Å². The van der Waals surface area contributed by atoms with Crippen LogP contribution in [0.2, 0.25) is 0 Å². The van der Waals surface area contributed by atoms with Gasteiger partial charge in [0.2, 0.25) is 0 Å². The number of benzene rings is 1. The fraction of sp³-hybridized carbons (Fsp3) is 0.577. The number of H-pyrrole nitrogens is 1. The molecule has 3 aromatic rings. The average Bonchev–Trinajstić information content (AvgIpc) is 3.19. The van der Waals surface area contributed by atoms with Crippen LogP contribution >= 0.6 is 11.8 Å². The summed E-state index contributed by atoms with van der Waals surface area (Å²) in [7, 11) is 1.66. The lowest BCUT2D eigenvalue weighted by Crippen LogP contribution is -2.29. The van der Waals surface area contributed by atoms with Gasteiger partial charge in [-0.1, -0.05) is 107 Å². The maximum Gasteiger partial charge on any atom is 0.329 e. The van der Waals surface area contributed by atoms with Crippen molar-refractivity contribution in [3.8, 4) is 0 Å². The Balaban J connectivity index is 1.57. The molecular formula is C26H38N4O2S. The Morgan fingerprint density at radius 2 is 1.55 bits per heavy atom. The molecule has 6 nitrogen and oxygen atoms in total. The highest BCUT2D eigenvalue weighted by Gasteiger charge is 2.17. The highest BCUT2D eigenvalue weighted by molar-refractivity contribution is 7.99. The van der Waals surface area contributed by atoms with Crippen LogP contribution in [0.15, 0.2) is 45.1 Å². The Morgan fingerprint density at radius 1 is 0.909 bits per heavy atom. The quantitative estimate of drug-likeness (QED) is 0.229. The van der Waals surface area contributed by atoms with Crippen LogP contribution < -0.4 is 11.2 Å². The summed E-state index contributed by atoms with van der Waals surface area (Å²) in [6.07, 6.45) is 13.9. The minimum Gasteiger partial charge on any atom is -0.313 e. The largest absolute Gasteiger partial charge is 0.329 e. The van der Waals surface area contributed by atoms with Gasteiger partial charge >= 0.3 is 5.69 Å². The molecule has 0 bridgehead atoms. The monoisotopic (exact) mass is 470 g/mol. The van der Waals surface area contributed by atoms with Gasteiger partial charge in [-0.2, -0.15) is 0 Å². The zero-order valence-electron chi connectivity index (χ0n) is 20.1. The topological polar surface area (TPSA) is 72.7 Å². The predicted octanol–water partition coefficient (Wildman–Crippen LogP) is 5.68. The van der Waals surface area contributed by atoms with Crippen molar-refractivity contribution < 1.29 is 0 Å². The van der Waals surface area contributed by atoms with Crippen molar-refractivity contribution in [3.63, 3.8) is 0 Å². The van der Waals surface area contributed by atoms with E-state index in [0.717, 1.165) is 23.8 Å². The molecule has 0 fully saturated rings. The lowest BCUT2D eigenvalue weighted by molar-refractivity contribution is 0.563. The Hall–Kier alpha value is -2.28. The van der Waals surface area contributed by atoms with Crippen molar-refractivity contribution in [3.05, 3.63) is 56.7 Å². The smallest absolute Gasteiger partial charge is 0.313 e. The first-order chi connectivity index (χ1) is 16.1. The summed E-state index contributed by atoms with van der Waals surface area (Å²) >= 11 is 1.69. The molecule has 180 valence electrons. The molecule has 0 aliphatic rings. The van der Waals surface area contributed by atoms with Crippen molar-refractivity contribution in [2.45, 2.75) is 89.3 Å². The number of rotatable bonds is 15. The SMILES string of the molecule is CCCCCCCCCCCCSc1nc2c(c(=O)[nH]c(=O)n2C)n1CCc1ccccc1. The number of nitrogens with zero attached hydrogens (tertiary/aromatic N) is 3. The summed E-state index contributed by atoms with van der Waals surface area (Å²) in [5, 5.41) is 0.823. The normalized spacial score (nSPS) is 11.5. The number of aryl methyl sites for hydroxylation is 3. The van der Waals surface area contributed by atoms with E-state index in [1.54, 1.807) is 18.8 Å². The highest BCUT2D eigenvalue weighted by Crippen LogP contribution is 2.23. The second kappa shape index (κ2) is 13.4. The number of hydrogen-bond donors (Lipinski definition) is 1. The van der Waals surface area contributed by atoms with Gasteiger partial charge in [0.05, 0.1) is 0 Å². The molecule has 3 rings (SSSR count). The van der Waals surface area contributed by atoms with E-state index in [0.29, 0.717) is 17.7 Å². The molecule has 0 aliphatic heterocycles. The molecule has 0 saturated heterocycles. The van der Waals surface area contributed by atoms with E-state index in [1.807, 2.05) is 22.8 Å². The van der Waals surface area contributed by atoms with Crippen LogP contribution in [-0.4, -0.2) is 24.9 Å². The van der Waals surface area contributed by atoms with E-state index in [9.17, 15) is 9.59 Å². The van der Waals surface area contributed by atoms with Gasteiger partial charge in [0.15, 0.2) is 16.3 Å². The summed E-state index contributed by atoms with van der Waals surface area (Å²) in [6, 6.07) is 10.2. The number of unbranched alkanes of at least 4 members (excludes halogenated alkanes) is 9. The first-order valence-electron chi connectivity index (χ1n) is 12.5. The Labute approximate surface area is 200 Å². The number of hydrogen-bond acceptors (Lipinski definition) is 4. The maximum atomic E-state index is 12.6. The molecule has 0 aliphatic carbocycles. The second-order valence-corrected chi connectivity index (χ2v) is 9.86. The third-order valence-electron chi connectivity index (χ3n) is 6.17. The number of aromatic amines is 1. The molecule has 0 unspecified atom stereocenters. The third-order valence-corrected chi connectivity index (χ3v) is 7.23. The van der Waals surface area contributed by atoms with Gasteiger partial charge < -0.3 is 4.57 Å². The maximum absolute atomic E-state index is 12.6. The molecule has 33 heavy (non-hydrogen) atoms. The predicted molar refractivity (Wildman–Crippen MR) is 138 cm³/mol. The summed E-state index contributed by atoms with van der Waals surface area (Å²) in [5.41, 5.74) is 1.37. The van der Waals surface area contributed by atoms with Gasteiger partial charge in [-0.15, -0.1) is 0 Å². The number of imidazole rings is 1. The zero-order valence-corrected chi connectivity index (χ0v) is 21.0. The third kappa shape index (κ3) is 7.36. The molecule has 0 amide bonds. The van der Waals surface area contributed by atoms with E-state index < -0.39 is 5.69 Å². The second-order valence-electron chi connectivity index (χ2n) is 8.80. The van der Waals surface area contributed by atoms with Crippen molar-refractivity contribution in [1.29, 1.82) is 0 Å². The van der Waals surface area contributed by atoms with Crippen molar-refractivity contribution in [2.24, 2.45) is 7.05 Å². The minimum atomic E-state index is -0.425. The molecule has 0 saturated carbocycles. The molecule has 2 aromatic heterocycles. The summed E-state index contributed by atoms with van der Waals surface area (Å²) < 4.78 is 3.42. The lowest BCUT2D eigenvalue weighted by Gasteiger charge is -2.09. The van der Waals surface area contributed by atoms with E-state index >= 15 is 0 Å². The Morgan fingerprint density at radius 3 is 2.21 bits per heavy atom. The lowest BCUT2D eigenvalue weighted by atomic mass is 10.1. The van der Waals surface area contributed by atoms with Crippen molar-refractivity contribution in [1.82, 2.24) is 19.1 Å². The van der Waals surface area contributed by atoms with Crippen LogP contribution in [0.5, 0.6) is 0 Å². The Kier molecular flexibility index (Phi) is 10.3. The standard InChI is InChI=1S/C26H38N4O2S/c1-3-4-5-6-7-8-9-10-11-15-20-33-26-27-23-22(24(31)28-25(32)29(23)2)30(26)19-18-21-16-13-12-14-17-21/h12-14,16-17H,3-11,15,18-20H2,1-2H3,(H,28,31,32). The molecule has 7 heteroatoms. The number of fused-ring (bicyclic) bond motifs is 1. The number of aromatic nitrogens is 4. The van der Waals surface area contributed by atoms with Crippen LogP contribution in [0.3, 0.4) is 0 Å². The fourth-order valence-electron chi connectivity index (χ4n) is 4.17. The van der Waals surface area contributed by atoms with Gasteiger partial charge in [0.25, 0.3) is 5.56 Å². The van der Waals surface area contributed by atoms with E-state index in [1.165, 1.54) is 67.9 Å². The molecule has 1 aromatic carbocycles. The highest BCUT2D eigenvalue weighted by atomic mass is 32.2. The molecule has 0 spiro atoms. The first-order valence-corrected chi connectivity index (χ1v) is 13.5. The average molecular weight is 471 g/mol. The summed E-state index contributed by atoms with van der Waals surface area (Å²) in [5.74, 6) is 0.969. The van der Waals surface area contributed by atoms with Crippen LogP contribution in [0.25, 0.3) is 11.2 Å². The van der Waals surface area contributed by atoms with Crippen LogP contribution in [0.4, 0.5) is 0 Å². The van der Waals surface area contributed by atoms with Crippen LogP contribution in [0.1, 0.15) is 76.7 Å². The molecular weight excluding hydrogens is 432 g/mol. The molecule has 1 N–H and O–H groups in total. The van der Waals surface area contributed by atoms with Crippen LogP contribution in [-0.2, 0) is 20.0 Å². The molecule has 0 radical (unpaired) electrons. The van der Waals surface area contributed by atoms with Gasteiger partial charge in [0.1, 0.15) is 0 Å². The van der Waals surface area contributed by atoms with Crippen molar-refractivity contribution >= 4 is 22.9 Å². The molecule has 0 atom stereocenters. The first kappa shape index (κ1) is 25.3. The Bertz CT molecular complexity index is 1100. The fourth-order valence-corrected chi connectivity index (χ4v) is 5.19. The summed E-state index contributed by atoms with van der Waals surface area (Å²) in [6.45, 7) is 2.91. The van der Waals surface area contributed by atoms with E-state index in [4.69, 9.17) is 4.98 Å². The van der Waals surface area contributed by atoms with Crippen molar-refractivity contribution in [2.75, 3.05) is 5.75 Å². The van der Waals surface area contributed by atoms with Gasteiger partial charge in [-0.05, 0) is 18.4 Å². The molecule has 2 heterocycles. The van der Waals surface area contributed by atoms with Gasteiger partial charge in [-0.25, -0.2) is 9.78 Å². The summed E-state index contributed by atoms with van der Waals surface area (Å²) in [4.78, 5) is 31.8. The number of thioether (sulfide) groups is 1. The minimum absolute atomic E-state index is 0.362. The van der Waals surface area contributed by atoms with Crippen LogP contribution in [0, 0.1) is 0 Å². The van der Waals surface area contributed by atoms with Gasteiger partial charge in [0, 0.05) is 19.3 Å². The van der Waals surface area contributed by atoms with Gasteiger partial charge in [-0.3, -0.25) is 14.3 Å². The number of nitrogens with one attached hydrogen (secondary N) is 1. The zero-order chi connectivity index (χ0) is 23.5.